The van der Waals surface area contributed by atoms with Crippen LogP contribution in [0.1, 0.15) is 35.8 Å². The van der Waals surface area contributed by atoms with Gasteiger partial charge in [0.05, 0.1) is 4.47 Å². The summed E-state index contributed by atoms with van der Waals surface area (Å²) in [5.74, 6) is -0.237. The minimum atomic E-state index is -0.386. The largest absolute Gasteiger partial charge is 0.384 e. The molecular formula is C15H15BrFN3O. The summed E-state index contributed by atoms with van der Waals surface area (Å²) in [7, 11) is 0. The molecule has 4 nitrogen and oxygen atoms in total. The van der Waals surface area contributed by atoms with Crippen LogP contribution in [0.15, 0.2) is 34.8 Å². The number of carbonyl (C=O) groups is 1. The molecule has 110 valence electrons. The van der Waals surface area contributed by atoms with Crippen molar-refractivity contribution in [1.29, 1.82) is 0 Å². The molecular weight excluding hydrogens is 337 g/mol. The van der Waals surface area contributed by atoms with Crippen molar-refractivity contribution in [2.45, 2.75) is 19.8 Å². The number of amides is 1. The van der Waals surface area contributed by atoms with Crippen molar-refractivity contribution in [3.05, 3.63) is 51.9 Å². The van der Waals surface area contributed by atoms with E-state index in [-0.39, 0.29) is 22.1 Å². The molecule has 0 aliphatic carbocycles. The molecule has 6 heteroatoms. The highest BCUT2D eigenvalue weighted by Crippen LogP contribution is 2.21. The summed E-state index contributed by atoms with van der Waals surface area (Å²) in [6.45, 7) is 3.95. The maximum atomic E-state index is 13.2. The average molecular weight is 352 g/mol. The number of nitrogens with zero attached hydrogens (tertiary/aromatic N) is 1. The topological polar surface area (TPSA) is 68.0 Å². The van der Waals surface area contributed by atoms with Crippen LogP contribution in [0.2, 0.25) is 0 Å². The highest BCUT2D eigenvalue weighted by molar-refractivity contribution is 9.10. The molecule has 1 heterocycles. The SMILES string of the molecule is CC(C)c1cc(C(=O)Nc2ccc(F)c(Br)c2)cc(N)n1. The van der Waals surface area contributed by atoms with E-state index in [0.29, 0.717) is 17.1 Å². The standard InChI is InChI=1S/C15H15BrFN3O/c1-8(2)13-5-9(6-14(18)20-13)15(21)19-10-3-4-12(17)11(16)7-10/h3-8H,1-2H3,(H2,18,20)(H,19,21). The first kappa shape index (κ1) is 15.4. The molecule has 1 amide bonds. The average Bonchev–Trinajstić information content (AvgIpc) is 2.42. The maximum Gasteiger partial charge on any atom is 0.255 e. The Hall–Kier alpha value is -1.95. The van der Waals surface area contributed by atoms with E-state index in [4.69, 9.17) is 5.73 Å². The summed E-state index contributed by atoms with van der Waals surface area (Å²) in [5, 5.41) is 2.70. The summed E-state index contributed by atoms with van der Waals surface area (Å²) >= 11 is 3.08. The number of nitrogens with two attached hydrogens (primary N) is 1. The van der Waals surface area contributed by atoms with Crippen LogP contribution in [0.3, 0.4) is 0 Å². The number of rotatable bonds is 3. The van der Waals surface area contributed by atoms with Crippen molar-refractivity contribution in [3.63, 3.8) is 0 Å². The Kier molecular flexibility index (Phi) is 4.57. The Labute approximate surface area is 130 Å². The highest BCUT2D eigenvalue weighted by Gasteiger charge is 2.12. The van der Waals surface area contributed by atoms with Crippen LogP contribution in [-0.4, -0.2) is 10.9 Å². The predicted octanol–water partition coefficient (Wildman–Crippen LogP) is 3.94. The smallest absolute Gasteiger partial charge is 0.255 e. The van der Waals surface area contributed by atoms with Crippen molar-refractivity contribution in [2.24, 2.45) is 0 Å². The molecule has 0 aliphatic heterocycles. The van der Waals surface area contributed by atoms with Crippen molar-refractivity contribution < 1.29 is 9.18 Å². The first-order chi connectivity index (χ1) is 9.86. The molecule has 3 N–H and O–H groups in total. The van der Waals surface area contributed by atoms with Gasteiger partial charge in [-0.25, -0.2) is 9.37 Å². The predicted molar refractivity (Wildman–Crippen MR) is 84.8 cm³/mol. The highest BCUT2D eigenvalue weighted by atomic mass is 79.9. The minimum Gasteiger partial charge on any atom is -0.384 e. The normalized spacial score (nSPS) is 10.7. The van der Waals surface area contributed by atoms with Gasteiger partial charge in [0, 0.05) is 16.9 Å². The lowest BCUT2D eigenvalue weighted by Gasteiger charge is -2.10. The van der Waals surface area contributed by atoms with Gasteiger partial charge in [-0.1, -0.05) is 13.8 Å². The fourth-order valence-corrected chi connectivity index (χ4v) is 2.16. The molecule has 0 unspecified atom stereocenters. The van der Waals surface area contributed by atoms with Gasteiger partial charge in [0.1, 0.15) is 11.6 Å². The van der Waals surface area contributed by atoms with E-state index in [1.54, 1.807) is 6.07 Å². The number of halogens is 2. The number of hydrogen-bond acceptors (Lipinski definition) is 3. The zero-order chi connectivity index (χ0) is 15.6. The molecule has 21 heavy (non-hydrogen) atoms. The van der Waals surface area contributed by atoms with Crippen LogP contribution in [0, 0.1) is 5.82 Å². The van der Waals surface area contributed by atoms with Gasteiger partial charge in [0.2, 0.25) is 0 Å². The van der Waals surface area contributed by atoms with Crippen molar-refractivity contribution in [1.82, 2.24) is 4.98 Å². The molecule has 0 aliphatic rings. The van der Waals surface area contributed by atoms with Gasteiger partial charge in [0.15, 0.2) is 0 Å². The van der Waals surface area contributed by atoms with Gasteiger partial charge in [-0.05, 0) is 52.2 Å². The van der Waals surface area contributed by atoms with E-state index in [2.05, 4.69) is 26.2 Å². The third kappa shape index (κ3) is 3.78. The van der Waals surface area contributed by atoms with Crippen LogP contribution in [0.4, 0.5) is 15.9 Å². The fourth-order valence-electron chi connectivity index (χ4n) is 1.78. The van der Waals surface area contributed by atoms with Crippen molar-refractivity contribution in [2.75, 3.05) is 11.1 Å². The number of carbonyl (C=O) groups excluding carboxylic acids is 1. The first-order valence-corrected chi connectivity index (χ1v) is 7.20. The minimum absolute atomic E-state index is 0.167. The molecule has 0 atom stereocenters. The second-order valence-corrected chi connectivity index (χ2v) is 5.80. The number of hydrogen-bond donors (Lipinski definition) is 2. The quantitative estimate of drug-likeness (QED) is 0.879. The summed E-state index contributed by atoms with van der Waals surface area (Å²) in [6, 6.07) is 7.49. The Bertz CT molecular complexity index is 689. The van der Waals surface area contributed by atoms with E-state index >= 15 is 0 Å². The Balaban J connectivity index is 2.25. The lowest BCUT2D eigenvalue weighted by molar-refractivity contribution is 0.102. The van der Waals surface area contributed by atoms with Gasteiger partial charge >= 0.3 is 0 Å². The summed E-state index contributed by atoms with van der Waals surface area (Å²) in [5.41, 5.74) is 7.39. The molecule has 1 aromatic carbocycles. The number of nitrogen functional groups attached to an aromatic ring is 1. The van der Waals surface area contributed by atoms with E-state index in [9.17, 15) is 9.18 Å². The van der Waals surface area contributed by atoms with Crippen LogP contribution in [-0.2, 0) is 0 Å². The van der Waals surface area contributed by atoms with Crippen LogP contribution >= 0.6 is 15.9 Å². The molecule has 0 saturated heterocycles. The van der Waals surface area contributed by atoms with Crippen LogP contribution in [0.25, 0.3) is 0 Å². The number of benzene rings is 1. The van der Waals surface area contributed by atoms with E-state index in [1.165, 1.54) is 24.3 Å². The number of pyridine rings is 1. The zero-order valence-electron chi connectivity index (χ0n) is 11.7. The van der Waals surface area contributed by atoms with Crippen LogP contribution in [0.5, 0.6) is 0 Å². The second kappa shape index (κ2) is 6.22. The molecule has 1 aromatic heterocycles. The van der Waals surface area contributed by atoms with Gasteiger partial charge < -0.3 is 11.1 Å². The third-order valence-electron chi connectivity index (χ3n) is 2.90. The van der Waals surface area contributed by atoms with Gasteiger partial charge in [-0.3, -0.25) is 4.79 Å². The first-order valence-electron chi connectivity index (χ1n) is 6.40. The zero-order valence-corrected chi connectivity index (χ0v) is 13.2. The van der Waals surface area contributed by atoms with Gasteiger partial charge in [-0.15, -0.1) is 0 Å². The Morgan fingerprint density at radius 3 is 2.67 bits per heavy atom. The molecule has 0 fully saturated rings. The van der Waals surface area contributed by atoms with E-state index in [0.717, 1.165) is 5.69 Å². The molecule has 2 rings (SSSR count). The van der Waals surface area contributed by atoms with Crippen LogP contribution < -0.4 is 11.1 Å². The third-order valence-corrected chi connectivity index (χ3v) is 3.50. The van der Waals surface area contributed by atoms with Gasteiger partial charge in [0.25, 0.3) is 5.91 Å². The summed E-state index contributed by atoms with van der Waals surface area (Å²) in [6.07, 6.45) is 0. The second-order valence-electron chi connectivity index (χ2n) is 4.94. The molecule has 0 saturated carbocycles. The number of anilines is 2. The van der Waals surface area contributed by atoms with Crippen molar-refractivity contribution in [3.8, 4) is 0 Å². The van der Waals surface area contributed by atoms with E-state index in [1.807, 2.05) is 13.8 Å². The molecule has 0 bridgehead atoms. The monoisotopic (exact) mass is 351 g/mol. The van der Waals surface area contributed by atoms with Gasteiger partial charge in [-0.2, -0.15) is 0 Å². The maximum absolute atomic E-state index is 13.2. The summed E-state index contributed by atoms with van der Waals surface area (Å²) in [4.78, 5) is 16.4. The lowest BCUT2D eigenvalue weighted by Crippen LogP contribution is -2.14. The Morgan fingerprint density at radius 1 is 1.33 bits per heavy atom. The fraction of sp³-hybridized carbons (Fsp3) is 0.200. The number of aromatic nitrogens is 1. The molecule has 2 aromatic rings. The molecule has 0 spiro atoms. The van der Waals surface area contributed by atoms with Crippen molar-refractivity contribution >= 4 is 33.3 Å². The Morgan fingerprint density at radius 2 is 2.05 bits per heavy atom. The lowest BCUT2D eigenvalue weighted by atomic mass is 10.1. The summed E-state index contributed by atoms with van der Waals surface area (Å²) < 4.78 is 13.5. The molecule has 0 radical (unpaired) electrons. The number of nitrogens with one attached hydrogen (secondary N) is 1. The van der Waals surface area contributed by atoms with E-state index < -0.39 is 0 Å².